The summed E-state index contributed by atoms with van der Waals surface area (Å²) in [4.78, 5) is 53.3. The smallest absolute Gasteiger partial charge is 0.332 e. The molecule has 0 bridgehead atoms. The number of thiazole rings is 1. The van der Waals surface area contributed by atoms with Gasteiger partial charge in [-0.2, -0.15) is 0 Å². The van der Waals surface area contributed by atoms with Crippen LogP contribution in [0.2, 0.25) is 0 Å². The molecule has 7 rings (SSSR count). The zero-order chi connectivity index (χ0) is 35.7. The summed E-state index contributed by atoms with van der Waals surface area (Å²) in [6.45, 7) is 4.61. The van der Waals surface area contributed by atoms with Gasteiger partial charge in [0, 0.05) is 47.8 Å². The molecule has 3 heterocycles. The van der Waals surface area contributed by atoms with Gasteiger partial charge in [-0.1, -0.05) is 31.4 Å². The lowest BCUT2D eigenvalue weighted by molar-refractivity contribution is -0.150. The molecular formula is C40H50N4O6S. The molecule has 4 aliphatic rings. The Balaban J connectivity index is 1.21. The fraction of sp³-hybridized carbons (Fsp3) is 0.575. The monoisotopic (exact) mass is 714 g/mol. The Morgan fingerprint density at radius 3 is 2.63 bits per heavy atom. The van der Waals surface area contributed by atoms with E-state index >= 15 is 0 Å². The Bertz CT molecular complexity index is 1820. The van der Waals surface area contributed by atoms with E-state index in [4.69, 9.17) is 24.2 Å². The molecule has 272 valence electrons. The van der Waals surface area contributed by atoms with Gasteiger partial charge in [-0.25, -0.2) is 14.8 Å². The standard InChI is InChI=1S/C40H50N4O6S/c1-5-49-39(47)40-22-26(40)15-11-6-7-12-18-44(3)38(46)30-20-27(19-29(30)36(45)43-40)50-34-21-31(41-35-24(2)33(48-4)17-16-28(34)35)32-23-51-37(42-32)25-13-9-8-10-14-25/h11,15-17,21,23,25-27,29-30H,5-10,12-14,18-20,22H2,1-4H3,(H,43,45)/b15-11-/t26-,27-,29-,30-,40?/m1/s1. The third-order valence-electron chi connectivity index (χ3n) is 11.4. The van der Waals surface area contributed by atoms with E-state index in [9.17, 15) is 14.4 Å². The minimum atomic E-state index is -1.09. The van der Waals surface area contributed by atoms with Crippen LogP contribution in [0.3, 0.4) is 0 Å². The lowest BCUT2D eigenvalue weighted by atomic mass is 9.90. The maximum absolute atomic E-state index is 14.2. The predicted molar refractivity (Wildman–Crippen MR) is 197 cm³/mol. The second-order valence-electron chi connectivity index (χ2n) is 14.8. The number of hydrogen-bond acceptors (Lipinski definition) is 9. The molecular weight excluding hydrogens is 665 g/mol. The number of methoxy groups -OCH3 is 1. The second-order valence-corrected chi connectivity index (χ2v) is 15.7. The van der Waals surface area contributed by atoms with Crippen LogP contribution in [-0.4, -0.2) is 71.6 Å². The Kier molecular flexibility index (Phi) is 10.4. The second kappa shape index (κ2) is 14.9. The molecule has 2 aromatic heterocycles. The zero-order valence-corrected chi connectivity index (χ0v) is 31.1. The molecule has 1 N–H and O–H groups in total. The number of benzene rings is 1. The van der Waals surface area contributed by atoms with E-state index < -0.39 is 29.4 Å². The van der Waals surface area contributed by atoms with Gasteiger partial charge in [-0.15, -0.1) is 11.3 Å². The molecule has 51 heavy (non-hydrogen) atoms. The van der Waals surface area contributed by atoms with Crippen molar-refractivity contribution in [2.45, 2.75) is 102 Å². The van der Waals surface area contributed by atoms with Gasteiger partial charge in [0.15, 0.2) is 0 Å². The summed E-state index contributed by atoms with van der Waals surface area (Å²) in [5.74, 6) is -0.277. The third-order valence-corrected chi connectivity index (χ3v) is 12.4. The van der Waals surface area contributed by atoms with Crippen LogP contribution in [0.15, 0.2) is 35.7 Å². The first-order valence-corrected chi connectivity index (χ1v) is 19.6. The van der Waals surface area contributed by atoms with E-state index in [0.29, 0.717) is 37.5 Å². The minimum Gasteiger partial charge on any atom is -0.496 e. The molecule has 2 amide bonds. The van der Waals surface area contributed by atoms with Gasteiger partial charge in [-0.3, -0.25) is 9.59 Å². The molecule has 0 spiro atoms. The van der Waals surface area contributed by atoms with E-state index in [0.717, 1.165) is 57.9 Å². The van der Waals surface area contributed by atoms with Crippen LogP contribution in [0.5, 0.6) is 11.5 Å². The number of aromatic nitrogens is 2. The van der Waals surface area contributed by atoms with E-state index in [-0.39, 0.29) is 24.3 Å². The molecule has 0 radical (unpaired) electrons. The summed E-state index contributed by atoms with van der Waals surface area (Å²) < 4.78 is 18.0. The summed E-state index contributed by atoms with van der Waals surface area (Å²) in [7, 11) is 3.47. The Morgan fingerprint density at radius 1 is 1.04 bits per heavy atom. The number of carbonyl (C=O) groups is 3. The summed E-state index contributed by atoms with van der Waals surface area (Å²) in [5.41, 5.74) is 2.12. The highest BCUT2D eigenvalue weighted by atomic mass is 32.1. The van der Waals surface area contributed by atoms with E-state index in [2.05, 4.69) is 16.8 Å². The number of rotatable bonds is 7. The summed E-state index contributed by atoms with van der Waals surface area (Å²) >= 11 is 1.70. The van der Waals surface area contributed by atoms with Crippen LogP contribution in [0.1, 0.15) is 94.0 Å². The third kappa shape index (κ3) is 7.10. The van der Waals surface area contributed by atoms with Crippen molar-refractivity contribution in [3.8, 4) is 22.9 Å². The van der Waals surface area contributed by atoms with E-state index in [1.807, 2.05) is 38.2 Å². The molecule has 10 nitrogen and oxygen atoms in total. The summed E-state index contributed by atoms with van der Waals surface area (Å²) in [6, 6.07) is 5.84. The van der Waals surface area contributed by atoms with Crippen molar-refractivity contribution >= 4 is 40.0 Å². The predicted octanol–water partition coefficient (Wildman–Crippen LogP) is 7.13. The molecule has 5 atom stereocenters. The van der Waals surface area contributed by atoms with Crippen molar-refractivity contribution in [3.63, 3.8) is 0 Å². The largest absolute Gasteiger partial charge is 0.496 e. The number of esters is 1. The molecule has 3 saturated carbocycles. The lowest BCUT2D eigenvalue weighted by Gasteiger charge is -2.26. The van der Waals surface area contributed by atoms with Crippen molar-refractivity contribution in [3.05, 3.63) is 46.3 Å². The first-order chi connectivity index (χ1) is 24.7. The van der Waals surface area contributed by atoms with Crippen LogP contribution in [0.25, 0.3) is 22.3 Å². The topological polar surface area (TPSA) is 120 Å². The lowest BCUT2D eigenvalue weighted by Crippen LogP contribution is -2.50. The number of nitrogens with zero attached hydrogens (tertiary/aromatic N) is 3. The average molecular weight is 715 g/mol. The molecule has 1 unspecified atom stereocenters. The van der Waals surface area contributed by atoms with Crippen molar-refractivity contribution in [2.75, 3.05) is 27.3 Å². The van der Waals surface area contributed by atoms with E-state index in [1.54, 1.807) is 30.3 Å². The quantitative estimate of drug-likeness (QED) is 0.203. The number of nitrogens with one attached hydrogen (secondary N) is 1. The highest BCUT2D eigenvalue weighted by molar-refractivity contribution is 7.10. The number of pyridine rings is 1. The Morgan fingerprint density at radius 2 is 1.84 bits per heavy atom. The number of hydrogen-bond donors (Lipinski definition) is 1. The average Bonchev–Trinajstić information content (AvgIpc) is 3.43. The first kappa shape index (κ1) is 35.4. The molecule has 3 aromatic rings. The minimum absolute atomic E-state index is 0.0649. The summed E-state index contributed by atoms with van der Waals surface area (Å²) in [5, 5.41) is 7.17. The van der Waals surface area contributed by atoms with Crippen molar-refractivity contribution in [1.29, 1.82) is 0 Å². The Hall–Kier alpha value is -3.99. The van der Waals surface area contributed by atoms with Crippen molar-refractivity contribution < 1.29 is 28.6 Å². The van der Waals surface area contributed by atoms with Crippen molar-refractivity contribution in [2.24, 2.45) is 17.8 Å². The maximum Gasteiger partial charge on any atom is 0.332 e. The first-order valence-electron chi connectivity index (χ1n) is 18.7. The van der Waals surface area contributed by atoms with E-state index in [1.165, 1.54) is 32.1 Å². The SMILES string of the molecule is CCOC(=O)C12C[C@H]1/C=C\CCCCN(C)C(=O)[C@@H]1C[C@H](Oc3cc(-c4csc(C5CCCCC5)n4)nc4c(C)c(OC)ccc34)C[C@H]1C(=O)N2. The molecule has 3 aliphatic carbocycles. The maximum atomic E-state index is 14.2. The molecule has 3 fully saturated rings. The van der Waals surface area contributed by atoms with Crippen LogP contribution in [-0.2, 0) is 19.1 Å². The number of fused-ring (bicyclic) bond motifs is 3. The van der Waals surface area contributed by atoms with Crippen LogP contribution >= 0.6 is 11.3 Å². The highest BCUT2D eigenvalue weighted by Gasteiger charge is 2.62. The van der Waals surface area contributed by atoms with Gasteiger partial charge >= 0.3 is 5.97 Å². The van der Waals surface area contributed by atoms with Gasteiger partial charge in [0.25, 0.3) is 0 Å². The van der Waals surface area contributed by atoms with Crippen LogP contribution < -0.4 is 14.8 Å². The number of allylic oxidation sites excluding steroid dienone is 1. The van der Waals surface area contributed by atoms with Crippen molar-refractivity contribution in [1.82, 2.24) is 20.2 Å². The zero-order valence-electron chi connectivity index (χ0n) is 30.2. The summed E-state index contributed by atoms with van der Waals surface area (Å²) in [6.07, 6.45) is 13.7. The van der Waals surface area contributed by atoms with Gasteiger partial charge in [0.2, 0.25) is 11.8 Å². The fourth-order valence-corrected chi connectivity index (χ4v) is 9.37. The molecule has 0 saturated heterocycles. The number of carbonyl (C=O) groups excluding carboxylic acids is 3. The van der Waals surface area contributed by atoms with Crippen LogP contribution in [0, 0.1) is 24.7 Å². The molecule has 1 aliphatic heterocycles. The Labute approximate surface area is 304 Å². The van der Waals surface area contributed by atoms with Gasteiger partial charge in [0.1, 0.15) is 23.1 Å². The number of aryl methyl sites for hydroxylation is 1. The number of amides is 2. The van der Waals surface area contributed by atoms with Gasteiger partial charge < -0.3 is 24.4 Å². The molecule has 1 aromatic carbocycles. The fourth-order valence-electron chi connectivity index (χ4n) is 8.39. The van der Waals surface area contributed by atoms with Gasteiger partial charge in [-0.05, 0) is 77.3 Å². The van der Waals surface area contributed by atoms with Crippen LogP contribution in [0.4, 0.5) is 0 Å². The van der Waals surface area contributed by atoms with Gasteiger partial charge in [0.05, 0.1) is 47.5 Å². The normalized spacial score (nSPS) is 28.0. The highest BCUT2D eigenvalue weighted by Crippen LogP contribution is 2.47. The number of ether oxygens (including phenoxy) is 3. The molecule has 11 heteroatoms.